The van der Waals surface area contributed by atoms with Crippen molar-refractivity contribution in [2.75, 3.05) is 6.61 Å². The summed E-state index contributed by atoms with van der Waals surface area (Å²) in [5.74, 6) is 0.112. The minimum Gasteiger partial charge on any atom is -0.294 e. The fourth-order valence-electron chi connectivity index (χ4n) is 0.325. The zero-order chi connectivity index (χ0) is 5.28. The Kier molecular flexibility index (Phi) is 1.61. The van der Waals surface area contributed by atoms with Crippen molar-refractivity contribution in [1.82, 2.24) is 5.48 Å². The molecule has 1 fully saturated rings. The van der Waals surface area contributed by atoms with Crippen LogP contribution in [0.3, 0.4) is 0 Å². The summed E-state index contributed by atoms with van der Waals surface area (Å²) >= 11 is 1.97. The van der Waals surface area contributed by atoms with Crippen LogP contribution < -0.4 is 5.48 Å². The summed E-state index contributed by atoms with van der Waals surface area (Å²) in [6.45, 7) is 0.216. The van der Waals surface area contributed by atoms with Gasteiger partial charge in [0.25, 0.3) is 0 Å². The van der Waals surface area contributed by atoms with Gasteiger partial charge in [-0.15, -0.1) is 0 Å². The van der Waals surface area contributed by atoms with Gasteiger partial charge >= 0.3 is 0 Å². The van der Waals surface area contributed by atoms with E-state index >= 15 is 0 Å². The van der Waals surface area contributed by atoms with Gasteiger partial charge in [-0.2, -0.15) is 5.48 Å². The molecule has 1 aliphatic heterocycles. The van der Waals surface area contributed by atoms with E-state index in [0.717, 1.165) is 0 Å². The number of carbonyl (C=O) groups excluding carboxylic acids is 1. The number of Topliss-reactive ketones (excluding diaryl/α,β-unsaturated/α-hetero) is 1. The highest BCUT2D eigenvalue weighted by molar-refractivity contribution is 14.1. The first-order valence-corrected chi connectivity index (χ1v) is 3.09. The zero-order valence-corrected chi connectivity index (χ0v) is 5.64. The van der Waals surface area contributed by atoms with Crippen LogP contribution in [-0.4, -0.2) is 16.4 Å². The first-order chi connectivity index (χ1) is 3.30. The number of alkyl halides is 1. The quantitative estimate of drug-likeness (QED) is 0.345. The molecular weight excluding hydrogens is 209 g/mol. The molecule has 1 aliphatic rings. The molecule has 1 N–H and O–H groups in total. The Morgan fingerprint density at radius 1 is 2.00 bits per heavy atom. The van der Waals surface area contributed by atoms with E-state index in [9.17, 15) is 4.79 Å². The van der Waals surface area contributed by atoms with E-state index in [1.807, 2.05) is 22.6 Å². The Labute approximate surface area is 54.5 Å². The Balaban J connectivity index is 2.48. The van der Waals surface area contributed by atoms with E-state index in [1.54, 1.807) is 0 Å². The van der Waals surface area contributed by atoms with Crippen molar-refractivity contribution in [3.05, 3.63) is 0 Å². The van der Waals surface area contributed by atoms with Crippen LogP contribution in [0.4, 0.5) is 0 Å². The predicted molar refractivity (Wildman–Crippen MR) is 31.9 cm³/mol. The van der Waals surface area contributed by atoms with Gasteiger partial charge in [-0.05, 0) is 0 Å². The van der Waals surface area contributed by atoms with Crippen molar-refractivity contribution in [1.29, 1.82) is 0 Å². The van der Waals surface area contributed by atoms with Gasteiger partial charge in [-0.3, -0.25) is 9.63 Å². The van der Waals surface area contributed by atoms with Crippen LogP contribution in [0.1, 0.15) is 0 Å². The number of nitrogens with one attached hydrogen (secondary N) is 1. The molecule has 0 radical (unpaired) electrons. The molecule has 1 rings (SSSR count). The Morgan fingerprint density at radius 2 is 2.71 bits per heavy atom. The van der Waals surface area contributed by atoms with Gasteiger partial charge in [0, 0.05) is 0 Å². The van der Waals surface area contributed by atoms with Crippen molar-refractivity contribution in [3.8, 4) is 0 Å². The molecule has 0 spiro atoms. The highest BCUT2D eigenvalue weighted by atomic mass is 127. The van der Waals surface area contributed by atoms with Gasteiger partial charge < -0.3 is 0 Å². The van der Waals surface area contributed by atoms with Crippen LogP contribution in [0, 0.1) is 0 Å². The van der Waals surface area contributed by atoms with Gasteiger partial charge in [0.2, 0.25) is 0 Å². The molecule has 1 atom stereocenters. The number of hydroxylamine groups is 1. The minimum absolute atomic E-state index is 0.112. The second-order valence-corrected chi connectivity index (χ2v) is 2.48. The van der Waals surface area contributed by atoms with Crippen molar-refractivity contribution in [2.45, 2.75) is 4.05 Å². The van der Waals surface area contributed by atoms with Crippen LogP contribution >= 0.6 is 22.6 Å². The van der Waals surface area contributed by atoms with Gasteiger partial charge in [0.1, 0.15) is 10.7 Å². The molecule has 0 aromatic carbocycles. The van der Waals surface area contributed by atoms with Crippen LogP contribution in [-0.2, 0) is 9.63 Å². The lowest BCUT2D eigenvalue weighted by atomic mass is 10.5. The SMILES string of the molecule is O=C1CONC1I. The van der Waals surface area contributed by atoms with Crippen LogP contribution in [0.2, 0.25) is 0 Å². The molecule has 1 unspecified atom stereocenters. The molecule has 1 heterocycles. The lowest BCUT2D eigenvalue weighted by Gasteiger charge is -1.89. The third-order valence-corrected chi connectivity index (χ3v) is 1.63. The molecule has 7 heavy (non-hydrogen) atoms. The van der Waals surface area contributed by atoms with Crippen LogP contribution in [0.15, 0.2) is 0 Å². The normalized spacial score (nSPS) is 31.6. The fourth-order valence-corrected chi connectivity index (χ4v) is 0.684. The summed E-state index contributed by atoms with van der Waals surface area (Å²) in [5, 5.41) is 0. The van der Waals surface area contributed by atoms with Crippen molar-refractivity contribution < 1.29 is 9.63 Å². The van der Waals surface area contributed by atoms with Crippen molar-refractivity contribution in [3.63, 3.8) is 0 Å². The maximum absolute atomic E-state index is 10.4. The van der Waals surface area contributed by atoms with Gasteiger partial charge in [0.15, 0.2) is 5.78 Å². The first-order valence-electron chi connectivity index (χ1n) is 1.85. The summed E-state index contributed by atoms with van der Waals surface area (Å²) in [6.07, 6.45) is 0. The number of halogens is 1. The van der Waals surface area contributed by atoms with E-state index in [1.165, 1.54) is 0 Å². The molecule has 0 aromatic heterocycles. The molecule has 0 aliphatic carbocycles. The summed E-state index contributed by atoms with van der Waals surface area (Å²) in [5.41, 5.74) is 2.51. The monoisotopic (exact) mass is 213 g/mol. The second kappa shape index (κ2) is 2.06. The predicted octanol–water partition coefficient (Wildman–Crippen LogP) is -0.149. The van der Waals surface area contributed by atoms with Crippen molar-refractivity contribution in [2.24, 2.45) is 0 Å². The summed E-state index contributed by atoms with van der Waals surface area (Å²) in [4.78, 5) is 14.9. The third-order valence-electron chi connectivity index (χ3n) is 0.684. The molecule has 4 heteroatoms. The number of hydrogen-bond donors (Lipinski definition) is 1. The Hall–Kier alpha value is 0.320. The summed E-state index contributed by atoms with van der Waals surface area (Å²) in [7, 11) is 0. The third kappa shape index (κ3) is 1.11. The van der Waals surface area contributed by atoms with Gasteiger partial charge in [-0.25, -0.2) is 0 Å². The molecule has 1 saturated heterocycles. The van der Waals surface area contributed by atoms with Crippen LogP contribution in [0.5, 0.6) is 0 Å². The average molecular weight is 213 g/mol. The maximum atomic E-state index is 10.4. The zero-order valence-electron chi connectivity index (χ0n) is 3.48. The molecular formula is C3H4INO2. The Bertz CT molecular complexity index is 94.9. The van der Waals surface area contributed by atoms with Crippen LogP contribution in [0.25, 0.3) is 0 Å². The summed E-state index contributed by atoms with van der Waals surface area (Å²) < 4.78 is -0.127. The summed E-state index contributed by atoms with van der Waals surface area (Å²) in [6, 6.07) is 0. The Morgan fingerprint density at radius 3 is 2.86 bits per heavy atom. The molecule has 40 valence electrons. The van der Waals surface area contributed by atoms with E-state index < -0.39 is 0 Å². The highest BCUT2D eigenvalue weighted by Gasteiger charge is 2.20. The van der Waals surface area contributed by atoms with Gasteiger partial charge in [0.05, 0.1) is 0 Å². The van der Waals surface area contributed by atoms with E-state index in [-0.39, 0.29) is 16.4 Å². The van der Waals surface area contributed by atoms with Crippen molar-refractivity contribution >= 4 is 28.4 Å². The fraction of sp³-hybridized carbons (Fsp3) is 0.667. The largest absolute Gasteiger partial charge is 0.294 e. The highest BCUT2D eigenvalue weighted by Crippen LogP contribution is 2.02. The molecule has 0 amide bonds. The van der Waals surface area contributed by atoms with E-state index in [4.69, 9.17) is 0 Å². The second-order valence-electron chi connectivity index (χ2n) is 1.24. The average Bonchev–Trinajstić information content (AvgIpc) is 1.91. The maximum Gasteiger partial charge on any atom is 0.189 e. The number of carbonyl (C=O) groups is 1. The minimum atomic E-state index is -0.127. The van der Waals surface area contributed by atoms with E-state index in [2.05, 4.69) is 10.3 Å². The van der Waals surface area contributed by atoms with E-state index in [0.29, 0.717) is 0 Å². The topological polar surface area (TPSA) is 38.3 Å². The number of hydrogen-bond acceptors (Lipinski definition) is 3. The number of rotatable bonds is 0. The lowest BCUT2D eigenvalue weighted by Crippen LogP contribution is -2.17. The molecule has 0 saturated carbocycles. The molecule has 3 nitrogen and oxygen atoms in total. The molecule has 0 aromatic rings. The first kappa shape index (κ1) is 5.46. The molecule has 0 bridgehead atoms. The smallest absolute Gasteiger partial charge is 0.189 e. The standard InChI is InChI=1S/C3H4INO2/c4-3-2(6)1-7-5-3/h3,5H,1H2. The lowest BCUT2D eigenvalue weighted by molar-refractivity contribution is -0.117. The number of ketones is 1. The van der Waals surface area contributed by atoms with Gasteiger partial charge in [-0.1, -0.05) is 22.6 Å².